The summed E-state index contributed by atoms with van der Waals surface area (Å²) in [5, 5.41) is 11.9. The highest BCUT2D eigenvalue weighted by Gasteiger charge is 2.12. The molecule has 0 saturated carbocycles. The van der Waals surface area contributed by atoms with Crippen molar-refractivity contribution >= 4 is 17.6 Å². The number of aliphatic imine (C=N–C) groups is 1. The van der Waals surface area contributed by atoms with Gasteiger partial charge in [-0.15, -0.1) is 0 Å². The molecule has 0 radical (unpaired) electrons. The van der Waals surface area contributed by atoms with E-state index in [4.69, 9.17) is 12.3 Å². The summed E-state index contributed by atoms with van der Waals surface area (Å²) in [6.45, 7) is 9.30. The topological polar surface area (TPSA) is 92.1 Å². The van der Waals surface area contributed by atoms with E-state index in [0.29, 0.717) is 6.54 Å². The fourth-order valence-electron chi connectivity index (χ4n) is 1.23. The number of aromatic hydroxyl groups is 1. The number of nitrogens with two attached hydrogens (primary N) is 1. The van der Waals surface area contributed by atoms with Gasteiger partial charge in [-0.3, -0.25) is 15.1 Å². The van der Waals surface area contributed by atoms with Gasteiger partial charge in [0.2, 0.25) is 0 Å². The summed E-state index contributed by atoms with van der Waals surface area (Å²) in [4.78, 5) is 18.9. The van der Waals surface area contributed by atoms with Crippen molar-refractivity contribution in [1.29, 1.82) is 0 Å². The first-order valence-electron chi connectivity index (χ1n) is 5.40. The molecule has 0 saturated heterocycles. The number of guanidine groups is 1. The van der Waals surface area contributed by atoms with E-state index in [1.54, 1.807) is 0 Å². The van der Waals surface area contributed by atoms with Crippen molar-refractivity contribution in [3.8, 4) is 5.75 Å². The molecule has 6 nitrogen and oxygen atoms in total. The molecule has 1 rings (SSSR count). The molecule has 0 fully saturated rings. The van der Waals surface area contributed by atoms with Crippen molar-refractivity contribution < 1.29 is 9.90 Å². The lowest BCUT2D eigenvalue weighted by Gasteiger charge is -2.06. The molecule has 0 aliphatic rings. The predicted molar refractivity (Wildman–Crippen MR) is 68.6 cm³/mol. The van der Waals surface area contributed by atoms with Gasteiger partial charge in [0.25, 0.3) is 5.91 Å². The van der Waals surface area contributed by atoms with Gasteiger partial charge < -0.3 is 10.8 Å². The number of hydrogen-bond donors (Lipinski definition) is 3. The fraction of sp³-hybridized carbons (Fsp3) is 0.250. The van der Waals surface area contributed by atoms with Crippen LogP contribution in [0.15, 0.2) is 23.2 Å². The Bertz CT molecular complexity index is 517. The van der Waals surface area contributed by atoms with E-state index in [1.165, 1.54) is 18.2 Å². The number of carbonyl (C=O) groups is 1. The van der Waals surface area contributed by atoms with Crippen LogP contribution in [0.25, 0.3) is 4.85 Å². The van der Waals surface area contributed by atoms with E-state index in [0.717, 1.165) is 6.42 Å². The monoisotopic (exact) mass is 246 g/mol. The van der Waals surface area contributed by atoms with Crippen LogP contribution in [0, 0.1) is 6.57 Å². The Morgan fingerprint density at radius 1 is 1.61 bits per heavy atom. The van der Waals surface area contributed by atoms with Crippen LogP contribution in [0.3, 0.4) is 0 Å². The van der Waals surface area contributed by atoms with Crippen LogP contribution in [-0.2, 0) is 0 Å². The number of benzene rings is 1. The summed E-state index contributed by atoms with van der Waals surface area (Å²) in [7, 11) is 0. The van der Waals surface area contributed by atoms with Crippen molar-refractivity contribution in [2.75, 3.05) is 6.54 Å². The molecular formula is C12H14N4O2. The number of phenols is 1. The third-order valence-corrected chi connectivity index (χ3v) is 2.10. The minimum absolute atomic E-state index is 0.00171. The van der Waals surface area contributed by atoms with Crippen LogP contribution in [-0.4, -0.2) is 23.5 Å². The van der Waals surface area contributed by atoms with E-state index in [2.05, 4.69) is 15.2 Å². The number of hydrogen-bond acceptors (Lipinski definition) is 3. The molecule has 0 aliphatic heterocycles. The first kappa shape index (κ1) is 13.5. The summed E-state index contributed by atoms with van der Waals surface area (Å²) in [5.41, 5.74) is 5.76. The molecule has 0 atom stereocenters. The second-order valence-electron chi connectivity index (χ2n) is 3.53. The SMILES string of the molecule is [C-]#[N+]c1ccc(O)c(C(=O)NC(N)=NCCC)c1. The molecule has 0 heterocycles. The Hall–Kier alpha value is -2.55. The molecule has 6 heteroatoms. The van der Waals surface area contributed by atoms with Crippen LogP contribution >= 0.6 is 0 Å². The Morgan fingerprint density at radius 2 is 2.33 bits per heavy atom. The largest absolute Gasteiger partial charge is 0.507 e. The number of nitrogens with zero attached hydrogens (tertiary/aromatic N) is 2. The van der Waals surface area contributed by atoms with Gasteiger partial charge in [-0.25, -0.2) is 4.85 Å². The maximum atomic E-state index is 11.8. The van der Waals surface area contributed by atoms with Crippen LogP contribution < -0.4 is 11.1 Å². The molecule has 94 valence electrons. The van der Waals surface area contributed by atoms with E-state index in [1.807, 2.05) is 6.92 Å². The summed E-state index contributed by atoms with van der Waals surface area (Å²) in [6, 6.07) is 4.01. The first-order chi connectivity index (χ1) is 8.58. The Morgan fingerprint density at radius 3 is 2.94 bits per heavy atom. The van der Waals surface area contributed by atoms with Crippen LogP contribution in [0.1, 0.15) is 23.7 Å². The maximum absolute atomic E-state index is 11.8. The minimum Gasteiger partial charge on any atom is -0.507 e. The number of phenolic OH excluding ortho intramolecular Hbond substituents is 1. The average Bonchev–Trinajstić information content (AvgIpc) is 2.36. The minimum atomic E-state index is -0.588. The van der Waals surface area contributed by atoms with Crippen molar-refractivity contribution in [2.45, 2.75) is 13.3 Å². The van der Waals surface area contributed by atoms with Gasteiger partial charge in [-0.1, -0.05) is 13.0 Å². The molecule has 0 aliphatic carbocycles. The lowest BCUT2D eigenvalue weighted by Crippen LogP contribution is -2.36. The lowest BCUT2D eigenvalue weighted by atomic mass is 10.1. The van der Waals surface area contributed by atoms with Crippen molar-refractivity contribution in [2.24, 2.45) is 10.7 Å². The highest BCUT2D eigenvalue weighted by Crippen LogP contribution is 2.23. The Labute approximate surface area is 105 Å². The number of rotatable bonds is 3. The van der Waals surface area contributed by atoms with E-state index in [9.17, 15) is 9.90 Å². The van der Waals surface area contributed by atoms with Crippen molar-refractivity contribution in [3.63, 3.8) is 0 Å². The molecule has 4 N–H and O–H groups in total. The average molecular weight is 246 g/mol. The highest BCUT2D eigenvalue weighted by atomic mass is 16.3. The smallest absolute Gasteiger partial charge is 0.260 e. The van der Waals surface area contributed by atoms with Gasteiger partial charge in [0.15, 0.2) is 11.6 Å². The third kappa shape index (κ3) is 3.49. The molecule has 0 spiro atoms. The zero-order chi connectivity index (χ0) is 13.5. The van der Waals surface area contributed by atoms with Gasteiger partial charge >= 0.3 is 0 Å². The van der Waals surface area contributed by atoms with Gasteiger partial charge in [0, 0.05) is 6.54 Å². The fourth-order valence-corrected chi connectivity index (χ4v) is 1.23. The molecule has 0 aromatic heterocycles. The quantitative estimate of drug-likeness (QED) is 0.427. The molecule has 1 aromatic carbocycles. The summed E-state index contributed by atoms with van der Waals surface area (Å²) >= 11 is 0. The Kier molecular flexibility index (Phi) is 4.69. The molecule has 1 aromatic rings. The zero-order valence-corrected chi connectivity index (χ0v) is 9.97. The van der Waals surface area contributed by atoms with Gasteiger partial charge in [0.05, 0.1) is 12.1 Å². The van der Waals surface area contributed by atoms with Crippen molar-refractivity contribution in [1.82, 2.24) is 5.32 Å². The second-order valence-corrected chi connectivity index (χ2v) is 3.53. The summed E-state index contributed by atoms with van der Waals surface area (Å²) in [5.74, 6) is -0.798. The summed E-state index contributed by atoms with van der Waals surface area (Å²) < 4.78 is 0. The lowest BCUT2D eigenvalue weighted by molar-refractivity contribution is 0.0974. The highest BCUT2D eigenvalue weighted by molar-refractivity contribution is 6.07. The number of amides is 1. The third-order valence-electron chi connectivity index (χ3n) is 2.10. The molecular weight excluding hydrogens is 232 g/mol. The van der Waals surface area contributed by atoms with E-state index >= 15 is 0 Å². The van der Waals surface area contributed by atoms with Crippen LogP contribution in [0.5, 0.6) is 5.75 Å². The molecule has 18 heavy (non-hydrogen) atoms. The van der Waals surface area contributed by atoms with Crippen LogP contribution in [0.4, 0.5) is 5.69 Å². The Balaban J connectivity index is 2.88. The second kappa shape index (κ2) is 6.25. The molecule has 0 unspecified atom stereocenters. The normalized spacial score (nSPS) is 10.8. The van der Waals surface area contributed by atoms with Gasteiger partial charge in [-0.2, -0.15) is 0 Å². The zero-order valence-electron chi connectivity index (χ0n) is 9.97. The van der Waals surface area contributed by atoms with E-state index < -0.39 is 5.91 Å². The van der Waals surface area contributed by atoms with Crippen molar-refractivity contribution in [3.05, 3.63) is 35.2 Å². The number of carbonyl (C=O) groups excluding carboxylic acids is 1. The molecule has 1 amide bonds. The van der Waals surface area contributed by atoms with Gasteiger partial charge in [-0.05, 0) is 18.6 Å². The standard InChI is InChI=1S/C12H14N4O2/c1-3-6-15-12(13)16-11(18)9-7-8(14-2)4-5-10(9)17/h4-5,7,17H,3,6H2,1H3,(H3,13,15,16,18). The first-order valence-corrected chi connectivity index (χ1v) is 5.40. The molecule has 0 bridgehead atoms. The van der Waals surface area contributed by atoms with Gasteiger partial charge in [0.1, 0.15) is 5.75 Å². The maximum Gasteiger partial charge on any atom is 0.260 e. The van der Waals surface area contributed by atoms with Crippen LogP contribution in [0.2, 0.25) is 0 Å². The predicted octanol–water partition coefficient (Wildman–Crippen LogP) is 1.40. The summed E-state index contributed by atoms with van der Waals surface area (Å²) in [6.07, 6.45) is 0.815. The van der Waals surface area contributed by atoms with E-state index in [-0.39, 0.29) is 23.0 Å². The number of nitrogens with one attached hydrogen (secondary N) is 1.